The summed E-state index contributed by atoms with van der Waals surface area (Å²) in [6.45, 7) is 3.03. The summed E-state index contributed by atoms with van der Waals surface area (Å²) in [6.07, 6.45) is 4.65. The van der Waals surface area contributed by atoms with E-state index in [4.69, 9.17) is 5.84 Å². The predicted molar refractivity (Wildman–Crippen MR) is 32.9 cm³/mol. The minimum Gasteiger partial charge on any atom is -0.249 e. The molecule has 0 saturated carbocycles. The van der Waals surface area contributed by atoms with Gasteiger partial charge in [-0.25, -0.2) is 5.84 Å². The summed E-state index contributed by atoms with van der Waals surface area (Å²) in [5.41, 5.74) is 0. The highest BCUT2D eigenvalue weighted by Crippen LogP contribution is 1.73. The highest BCUT2D eigenvalue weighted by Gasteiger charge is 1.98. The number of aryl methyl sites for hydroxylation is 1. The molecule has 1 rings (SSSR count). The Kier molecular flexibility index (Phi) is 1.67. The minimum atomic E-state index is 0.935. The summed E-state index contributed by atoms with van der Waals surface area (Å²) in [4.78, 5) is 1.30. The van der Waals surface area contributed by atoms with Gasteiger partial charge in [0.2, 0.25) is 0 Å². The summed E-state index contributed by atoms with van der Waals surface area (Å²) in [7, 11) is 0. The van der Waals surface area contributed by atoms with E-state index in [-0.39, 0.29) is 0 Å². The molecule has 0 atom stereocenters. The minimum absolute atomic E-state index is 0.935. The molecule has 0 amide bonds. The predicted octanol–water partition coefficient (Wildman–Crippen LogP) is -0.706. The number of nitrogens with two attached hydrogens (primary N) is 1. The van der Waals surface area contributed by atoms with Crippen molar-refractivity contribution in [2.24, 2.45) is 0 Å². The molecule has 4 heteroatoms. The molecule has 0 aromatic carbocycles. The second-order valence-corrected chi connectivity index (χ2v) is 1.93. The third-order valence-corrected chi connectivity index (χ3v) is 1.06. The van der Waals surface area contributed by atoms with E-state index in [9.17, 15) is 0 Å². The van der Waals surface area contributed by atoms with E-state index in [1.807, 2.05) is 6.20 Å². The first kappa shape index (κ1) is 6.07. The van der Waals surface area contributed by atoms with Gasteiger partial charge in [-0.1, -0.05) is 6.92 Å². The highest BCUT2D eigenvalue weighted by molar-refractivity contribution is 4.54. The molecule has 0 unspecified atom stereocenters. The van der Waals surface area contributed by atoms with Crippen molar-refractivity contribution >= 4 is 0 Å². The van der Waals surface area contributed by atoms with E-state index in [1.54, 1.807) is 10.9 Å². The van der Waals surface area contributed by atoms with Crippen LogP contribution >= 0.6 is 0 Å². The van der Waals surface area contributed by atoms with Gasteiger partial charge >= 0.3 is 0 Å². The van der Waals surface area contributed by atoms with Crippen LogP contribution in [-0.4, -0.2) is 10.0 Å². The van der Waals surface area contributed by atoms with Gasteiger partial charge in [0.15, 0.2) is 12.4 Å². The number of aromatic nitrogens is 3. The standard InChI is InChI=1S/C5H11N4/c1-2-3-8-4-5-9(6)7-8/h4-5H,2-3H2,1H3,(H2,6,7)/q+1. The van der Waals surface area contributed by atoms with Crippen LogP contribution in [-0.2, 0) is 6.54 Å². The average molecular weight is 127 g/mol. The Bertz CT molecular complexity index is 181. The Labute approximate surface area is 53.8 Å². The van der Waals surface area contributed by atoms with Crippen molar-refractivity contribution < 1.29 is 4.68 Å². The first-order chi connectivity index (χ1) is 4.33. The summed E-state index contributed by atoms with van der Waals surface area (Å²) in [6, 6.07) is 0. The maximum atomic E-state index is 5.29. The molecule has 2 N–H and O–H groups in total. The molecule has 0 aliphatic heterocycles. The Morgan fingerprint density at radius 2 is 2.56 bits per heavy atom. The van der Waals surface area contributed by atoms with Crippen LogP contribution in [0.4, 0.5) is 0 Å². The van der Waals surface area contributed by atoms with Crippen LogP contribution in [0.15, 0.2) is 12.4 Å². The SMILES string of the molecule is CCC[n+]1ccn(N)n1. The quantitative estimate of drug-likeness (QED) is 0.421. The zero-order valence-corrected chi connectivity index (χ0v) is 5.49. The fraction of sp³-hybridized carbons (Fsp3) is 0.600. The summed E-state index contributed by atoms with van der Waals surface area (Å²) in [5.74, 6) is 5.29. The van der Waals surface area contributed by atoms with Crippen molar-refractivity contribution in [2.75, 3.05) is 5.84 Å². The topological polar surface area (TPSA) is 47.7 Å². The van der Waals surface area contributed by atoms with Gasteiger partial charge in [0.25, 0.3) is 0 Å². The van der Waals surface area contributed by atoms with Crippen molar-refractivity contribution in [1.82, 2.24) is 10.0 Å². The van der Waals surface area contributed by atoms with Crippen LogP contribution in [0.5, 0.6) is 0 Å². The molecule has 1 heterocycles. The third-order valence-electron chi connectivity index (χ3n) is 1.06. The molecule has 0 aliphatic rings. The molecule has 0 bridgehead atoms. The third kappa shape index (κ3) is 1.42. The maximum absolute atomic E-state index is 5.29. The van der Waals surface area contributed by atoms with E-state index >= 15 is 0 Å². The van der Waals surface area contributed by atoms with Crippen LogP contribution < -0.4 is 10.5 Å². The largest absolute Gasteiger partial charge is 0.249 e. The zero-order valence-electron chi connectivity index (χ0n) is 5.49. The second-order valence-electron chi connectivity index (χ2n) is 1.93. The smallest absolute Gasteiger partial charge is 0.184 e. The molecule has 0 aliphatic carbocycles. The number of hydrogen-bond acceptors (Lipinski definition) is 2. The lowest BCUT2D eigenvalue weighted by molar-refractivity contribution is -0.754. The van der Waals surface area contributed by atoms with E-state index in [0.29, 0.717) is 0 Å². The number of nitrogens with zero attached hydrogens (tertiary/aromatic N) is 3. The summed E-state index contributed by atoms with van der Waals surface area (Å²) >= 11 is 0. The Morgan fingerprint density at radius 1 is 1.78 bits per heavy atom. The molecular formula is C5H11N4+. The number of rotatable bonds is 2. The van der Waals surface area contributed by atoms with Crippen molar-refractivity contribution in [3.8, 4) is 0 Å². The summed E-state index contributed by atoms with van der Waals surface area (Å²) < 4.78 is 1.81. The normalized spacial score (nSPS) is 9.89. The maximum Gasteiger partial charge on any atom is 0.184 e. The second kappa shape index (κ2) is 2.48. The van der Waals surface area contributed by atoms with Gasteiger partial charge in [-0.05, 0) is 11.2 Å². The summed E-state index contributed by atoms with van der Waals surface area (Å²) in [5, 5.41) is 3.91. The van der Waals surface area contributed by atoms with E-state index < -0.39 is 0 Å². The first-order valence-electron chi connectivity index (χ1n) is 3.03. The molecule has 0 radical (unpaired) electrons. The Morgan fingerprint density at radius 3 is 3.00 bits per heavy atom. The molecule has 50 valence electrons. The van der Waals surface area contributed by atoms with Gasteiger partial charge < -0.3 is 0 Å². The molecular weight excluding hydrogens is 116 g/mol. The Balaban J connectivity index is 2.61. The molecule has 4 nitrogen and oxygen atoms in total. The Hall–Kier alpha value is -1.06. The van der Waals surface area contributed by atoms with Crippen LogP contribution in [0.25, 0.3) is 0 Å². The monoisotopic (exact) mass is 127 g/mol. The van der Waals surface area contributed by atoms with E-state index in [0.717, 1.165) is 13.0 Å². The van der Waals surface area contributed by atoms with Gasteiger partial charge in [-0.15, -0.1) is 4.68 Å². The molecule has 1 aromatic heterocycles. The van der Waals surface area contributed by atoms with Crippen molar-refractivity contribution in [3.63, 3.8) is 0 Å². The highest BCUT2D eigenvalue weighted by atomic mass is 15.6. The lowest BCUT2D eigenvalue weighted by Gasteiger charge is -1.83. The fourth-order valence-corrected chi connectivity index (χ4v) is 0.686. The van der Waals surface area contributed by atoms with Crippen molar-refractivity contribution in [1.29, 1.82) is 0 Å². The first-order valence-corrected chi connectivity index (χ1v) is 3.03. The van der Waals surface area contributed by atoms with Crippen molar-refractivity contribution in [3.05, 3.63) is 12.4 Å². The van der Waals surface area contributed by atoms with Gasteiger partial charge in [0.1, 0.15) is 11.8 Å². The average Bonchev–Trinajstić information content (AvgIpc) is 2.17. The lowest BCUT2D eigenvalue weighted by atomic mass is 10.5. The van der Waals surface area contributed by atoms with Crippen molar-refractivity contribution in [2.45, 2.75) is 19.9 Å². The van der Waals surface area contributed by atoms with Gasteiger partial charge in [0.05, 0.1) is 0 Å². The van der Waals surface area contributed by atoms with Gasteiger partial charge in [-0.3, -0.25) is 0 Å². The van der Waals surface area contributed by atoms with Crippen LogP contribution in [0.2, 0.25) is 0 Å². The molecule has 9 heavy (non-hydrogen) atoms. The van der Waals surface area contributed by atoms with Crippen LogP contribution in [0.3, 0.4) is 0 Å². The molecule has 0 saturated heterocycles. The van der Waals surface area contributed by atoms with Gasteiger partial charge in [0, 0.05) is 0 Å². The number of nitrogen functional groups attached to an aromatic ring is 1. The number of hydrogen-bond donors (Lipinski definition) is 1. The lowest BCUT2D eigenvalue weighted by Crippen LogP contribution is -2.36. The van der Waals surface area contributed by atoms with Crippen LogP contribution in [0.1, 0.15) is 13.3 Å². The van der Waals surface area contributed by atoms with E-state index in [1.165, 1.54) is 4.79 Å². The van der Waals surface area contributed by atoms with Crippen LogP contribution in [0, 0.1) is 0 Å². The fourth-order valence-electron chi connectivity index (χ4n) is 0.686. The molecule has 0 spiro atoms. The van der Waals surface area contributed by atoms with E-state index in [2.05, 4.69) is 12.1 Å². The molecule has 0 fully saturated rings. The molecule has 1 aromatic rings. The zero-order chi connectivity index (χ0) is 6.69. The van der Waals surface area contributed by atoms with Gasteiger partial charge in [-0.2, -0.15) is 0 Å².